The Labute approximate surface area is 171 Å². The van der Waals surface area contributed by atoms with Gasteiger partial charge in [0, 0.05) is 38.1 Å². The van der Waals surface area contributed by atoms with Crippen LogP contribution in [0.1, 0.15) is 59.4 Å². The van der Waals surface area contributed by atoms with E-state index in [1.165, 1.54) is 0 Å². The fourth-order valence-corrected chi connectivity index (χ4v) is 3.79. The Morgan fingerprint density at radius 1 is 1.10 bits per heavy atom. The number of aryl methyl sites for hydroxylation is 2. The third-order valence-corrected chi connectivity index (χ3v) is 5.46. The van der Waals surface area contributed by atoms with E-state index in [1.54, 1.807) is 28.8 Å². The van der Waals surface area contributed by atoms with E-state index < -0.39 is 11.3 Å². The van der Waals surface area contributed by atoms with Crippen LogP contribution >= 0.6 is 0 Å². The van der Waals surface area contributed by atoms with Crippen molar-refractivity contribution in [2.24, 2.45) is 0 Å². The van der Waals surface area contributed by atoms with Gasteiger partial charge in [0.2, 0.25) is 5.43 Å². The van der Waals surface area contributed by atoms with E-state index in [-0.39, 0.29) is 23.1 Å². The number of likely N-dealkylation sites (tertiary alicyclic amines) is 1. The maximum Gasteiger partial charge on any atom is 0.259 e. The predicted molar refractivity (Wildman–Crippen MR) is 113 cm³/mol. The Hall–Kier alpha value is -2.89. The van der Waals surface area contributed by atoms with Gasteiger partial charge >= 0.3 is 0 Å². The summed E-state index contributed by atoms with van der Waals surface area (Å²) in [6, 6.07) is 10.1. The van der Waals surface area contributed by atoms with Crippen LogP contribution in [0.15, 0.2) is 47.5 Å². The maximum atomic E-state index is 13.2. The molecule has 0 unspecified atom stereocenters. The van der Waals surface area contributed by atoms with Gasteiger partial charge in [-0.05, 0) is 45.1 Å². The highest BCUT2D eigenvalue weighted by Gasteiger charge is 2.28. The minimum Gasteiger partial charge on any atom is -0.352 e. The molecule has 0 spiro atoms. The average Bonchev–Trinajstić information content (AvgIpc) is 2.73. The summed E-state index contributed by atoms with van der Waals surface area (Å²) >= 11 is 0. The number of nitrogens with zero attached hydrogens (tertiary/aromatic N) is 2. The highest BCUT2D eigenvalue weighted by atomic mass is 16.2. The standard InChI is InChI=1S/C23H29N3O3/c1-3-24-22(28)19-15-25(14-12-18-10-5-4-6-11-18)16-20(21(19)27)23(29)26-13-8-7-9-17(26)2/h4-6,10-11,15-17H,3,7-9,12-14H2,1-2H3,(H,24,28)/t17-/m0/s1. The lowest BCUT2D eigenvalue weighted by Gasteiger charge is -2.33. The van der Waals surface area contributed by atoms with Crippen LogP contribution in [0.3, 0.4) is 0 Å². The second-order valence-corrected chi connectivity index (χ2v) is 7.59. The first-order valence-electron chi connectivity index (χ1n) is 10.4. The highest BCUT2D eigenvalue weighted by molar-refractivity contribution is 5.99. The number of hydrogen-bond acceptors (Lipinski definition) is 3. The van der Waals surface area contributed by atoms with Crippen molar-refractivity contribution in [1.29, 1.82) is 0 Å². The normalized spacial score (nSPS) is 16.5. The molecule has 0 saturated carbocycles. The van der Waals surface area contributed by atoms with Crippen molar-refractivity contribution in [2.75, 3.05) is 13.1 Å². The van der Waals surface area contributed by atoms with Crippen molar-refractivity contribution in [2.45, 2.75) is 52.1 Å². The molecule has 6 nitrogen and oxygen atoms in total. The van der Waals surface area contributed by atoms with Crippen LogP contribution < -0.4 is 10.7 Å². The van der Waals surface area contributed by atoms with Crippen LogP contribution in [0.2, 0.25) is 0 Å². The molecule has 154 valence electrons. The molecule has 3 rings (SSSR count). The minimum atomic E-state index is -0.491. The van der Waals surface area contributed by atoms with Gasteiger partial charge in [-0.1, -0.05) is 30.3 Å². The van der Waals surface area contributed by atoms with Gasteiger partial charge in [0.15, 0.2) is 0 Å². The molecule has 1 fully saturated rings. The maximum absolute atomic E-state index is 13.2. The Morgan fingerprint density at radius 3 is 2.52 bits per heavy atom. The van der Waals surface area contributed by atoms with Crippen molar-refractivity contribution >= 4 is 11.8 Å². The number of piperidine rings is 1. The predicted octanol–water partition coefficient (Wildman–Crippen LogP) is 2.86. The van der Waals surface area contributed by atoms with Crippen LogP contribution in [-0.4, -0.2) is 40.4 Å². The van der Waals surface area contributed by atoms with Crippen LogP contribution in [0.4, 0.5) is 0 Å². The molecule has 6 heteroatoms. The highest BCUT2D eigenvalue weighted by Crippen LogP contribution is 2.18. The summed E-state index contributed by atoms with van der Waals surface area (Å²) in [7, 11) is 0. The summed E-state index contributed by atoms with van der Waals surface area (Å²) in [5, 5.41) is 2.68. The molecule has 0 radical (unpaired) electrons. The van der Waals surface area contributed by atoms with E-state index in [0.717, 1.165) is 31.2 Å². The number of nitrogens with one attached hydrogen (secondary N) is 1. The van der Waals surface area contributed by atoms with E-state index in [4.69, 9.17) is 0 Å². The molecule has 0 bridgehead atoms. The number of rotatable bonds is 6. The zero-order valence-corrected chi connectivity index (χ0v) is 17.2. The van der Waals surface area contributed by atoms with Crippen molar-refractivity contribution < 1.29 is 9.59 Å². The first kappa shape index (κ1) is 20.8. The van der Waals surface area contributed by atoms with E-state index >= 15 is 0 Å². The Balaban J connectivity index is 1.94. The Morgan fingerprint density at radius 2 is 1.83 bits per heavy atom. The zero-order chi connectivity index (χ0) is 20.8. The lowest BCUT2D eigenvalue weighted by molar-refractivity contribution is 0.0633. The van der Waals surface area contributed by atoms with Crippen LogP contribution in [0.25, 0.3) is 0 Å². The average molecular weight is 396 g/mol. The van der Waals surface area contributed by atoms with Gasteiger partial charge in [-0.25, -0.2) is 0 Å². The summed E-state index contributed by atoms with van der Waals surface area (Å²) in [5.74, 6) is -0.714. The van der Waals surface area contributed by atoms with Gasteiger partial charge in [0.25, 0.3) is 11.8 Å². The zero-order valence-electron chi connectivity index (χ0n) is 17.2. The monoisotopic (exact) mass is 395 g/mol. The molecule has 29 heavy (non-hydrogen) atoms. The Kier molecular flexibility index (Phi) is 6.86. The molecule has 1 aliphatic heterocycles. The lowest BCUT2D eigenvalue weighted by Crippen LogP contribution is -2.44. The number of hydrogen-bond donors (Lipinski definition) is 1. The van der Waals surface area contributed by atoms with Gasteiger partial charge in [-0.2, -0.15) is 0 Å². The molecule has 2 heterocycles. The number of benzene rings is 1. The smallest absolute Gasteiger partial charge is 0.259 e. The minimum absolute atomic E-state index is 0.0235. The summed E-state index contributed by atoms with van der Waals surface area (Å²) in [6.07, 6.45) is 6.88. The van der Waals surface area contributed by atoms with Crippen molar-refractivity contribution in [3.8, 4) is 0 Å². The summed E-state index contributed by atoms with van der Waals surface area (Å²) < 4.78 is 1.79. The quantitative estimate of drug-likeness (QED) is 0.818. The molecule has 1 atom stereocenters. The number of pyridine rings is 1. The number of aromatic nitrogens is 1. The first-order valence-corrected chi connectivity index (χ1v) is 10.4. The fraction of sp³-hybridized carbons (Fsp3) is 0.435. The van der Waals surface area contributed by atoms with E-state index in [0.29, 0.717) is 19.6 Å². The van der Waals surface area contributed by atoms with Gasteiger partial charge in [0.05, 0.1) is 0 Å². The molecule has 2 aromatic rings. The summed E-state index contributed by atoms with van der Waals surface area (Å²) in [6.45, 7) is 5.46. The van der Waals surface area contributed by atoms with Gasteiger partial charge in [-0.15, -0.1) is 0 Å². The fourth-order valence-electron chi connectivity index (χ4n) is 3.79. The van der Waals surface area contributed by atoms with E-state index in [2.05, 4.69) is 5.32 Å². The summed E-state index contributed by atoms with van der Waals surface area (Å²) in [5.41, 5.74) is 0.768. The molecule has 1 N–H and O–H groups in total. The third kappa shape index (κ3) is 4.94. The van der Waals surface area contributed by atoms with Crippen molar-refractivity contribution in [3.05, 3.63) is 69.6 Å². The largest absolute Gasteiger partial charge is 0.352 e. The lowest BCUT2D eigenvalue weighted by atomic mass is 10.0. The van der Waals surface area contributed by atoms with Crippen LogP contribution in [-0.2, 0) is 13.0 Å². The molecule has 1 aromatic carbocycles. The van der Waals surface area contributed by atoms with Crippen molar-refractivity contribution in [1.82, 2.24) is 14.8 Å². The third-order valence-electron chi connectivity index (χ3n) is 5.46. The molecular formula is C23H29N3O3. The Bertz CT molecular complexity index is 921. The number of carbonyl (C=O) groups excluding carboxylic acids is 2. The van der Waals surface area contributed by atoms with Crippen LogP contribution in [0, 0.1) is 0 Å². The number of carbonyl (C=O) groups is 2. The SMILES string of the molecule is CCNC(=O)c1cn(CCc2ccccc2)cc(C(=O)N2CCCC[C@@H]2C)c1=O. The molecule has 0 aliphatic carbocycles. The first-order chi connectivity index (χ1) is 14.0. The van der Waals surface area contributed by atoms with E-state index in [9.17, 15) is 14.4 Å². The summed E-state index contributed by atoms with van der Waals surface area (Å²) in [4.78, 5) is 40.4. The topological polar surface area (TPSA) is 71.4 Å². The molecule has 2 amide bonds. The second-order valence-electron chi connectivity index (χ2n) is 7.59. The van der Waals surface area contributed by atoms with Gasteiger partial charge in [-0.3, -0.25) is 14.4 Å². The van der Waals surface area contributed by atoms with Crippen molar-refractivity contribution in [3.63, 3.8) is 0 Å². The van der Waals surface area contributed by atoms with E-state index in [1.807, 2.05) is 37.3 Å². The molecular weight excluding hydrogens is 366 g/mol. The van der Waals surface area contributed by atoms with Crippen LogP contribution in [0.5, 0.6) is 0 Å². The van der Waals surface area contributed by atoms with Gasteiger partial charge < -0.3 is 14.8 Å². The molecule has 1 aromatic heterocycles. The van der Waals surface area contributed by atoms with Gasteiger partial charge in [0.1, 0.15) is 11.1 Å². The molecule has 1 saturated heterocycles. The molecule has 1 aliphatic rings. The second kappa shape index (κ2) is 9.54. The number of amides is 2.